The number of anilines is 3. The van der Waals surface area contributed by atoms with E-state index in [4.69, 9.17) is 13.2 Å². The van der Waals surface area contributed by atoms with Crippen molar-refractivity contribution in [2.75, 3.05) is 4.90 Å². The summed E-state index contributed by atoms with van der Waals surface area (Å²) in [5, 5.41) is 2.05. The Hall–Kier alpha value is -8.11. The summed E-state index contributed by atoms with van der Waals surface area (Å²) in [6, 6.07) is 52.7. The zero-order valence-electron chi connectivity index (χ0n) is 55.1. The number of fused-ring (bicyclic) bond motifs is 4. The number of aromatic nitrogens is 4. The number of nitrogens with zero attached hydrogens (tertiary/aromatic N) is 5. The summed E-state index contributed by atoms with van der Waals surface area (Å²) in [5.41, 5.74) is 11.5. The SMILES string of the molecule is [2H]c1c([2H])c([2H])c(-c2cccc(-c3c([2H])c([2H])c([2H])c([2H])c3[2H])c2-[n+]2[c-]n(-c3[c-]c(N(c4[c-]c5c(cc4)c4ccc(-c6cc(C(C)(C)C)cc(C(C)(C)C)c6)cc4n5-c4cc(C(C)(C)C)ccn4)c4ccccc4)ccc3)c3ccccc32)c([2H])c1[2H].[Pt]. The molecule has 0 saturated heterocycles. The van der Waals surface area contributed by atoms with Crippen LogP contribution in [0.25, 0.3) is 83.4 Å². The third-order valence-electron chi connectivity index (χ3n) is 14.4. The second-order valence-electron chi connectivity index (χ2n) is 22.7. The first-order valence-corrected chi connectivity index (χ1v) is 26.0. The maximum absolute atomic E-state index is 9.17. The first-order chi connectivity index (χ1) is 41.2. The molecule has 0 atom stereocenters. The van der Waals surface area contributed by atoms with Gasteiger partial charge in [0, 0.05) is 38.5 Å². The number of hydrogen-bond donors (Lipinski definition) is 0. The van der Waals surface area contributed by atoms with Crippen molar-refractivity contribution >= 4 is 49.9 Å². The summed E-state index contributed by atoms with van der Waals surface area (Å²) < 4.78 is 94.1. The first-order valence-electron chi connectivity index (χ1n) is 31.0. The smallest absolute Gasteiger partial charge is 0.268 e. The van der Waals surface area contributed by atoms with Crippen LogP contribution in [0.2, 0.25) is 0 Å². The molecule has 0 spiro atoms. The van der Waals surface area contributed by atoms with Crippen molar-refractivity contribution in [3.63, 3.8) is 0 Å². The van der Waals surface area contributed by atoms with Gasteiger partial charge in [-0.2, -0.15) is 24.3 Å². The summed E-state index contributed by atoms with van der Waals surface area (Å²) in [5.74, 6) is 0.762. The van der Waals surface area contributed by atoms with Crippen LogP contribution in [0.15, 0.2) is 218 Å². The Labute approximate surface area is 488 Å². The fourth-order valence-electron chi connectivity index (χ4n) is 10.2. The summed E-state index contributed by atoms with van der Waals surface area (Å²) >= 11 is 0. The van der Waals surface area contributed by atoms with Gasteiger partial charge in [-0.05, 0) is 108 Å². The van der Waals surface area contributed by atoms with E-state index in [1.54, 1.807) is 22.8 Å². The van der Waals surface area contributed by atoms with Crippen molar-refractivity contribution in [1.82, 2.24) is 14.1 Å². The van der Waals surface area contributed by atoms with Crippen LogP contribution in [-0.4, -0.2) is 14.1 Å². The first kappa shape index (κ1) is 41.0. The van der Waals surface area contributed by atoms with Crippen LogP contribution in [0.5, 0.6) is 0 Å². The van der Waals surface area contributed by atoms with E-state index in [9.17, 15) is 5.48 Å². The van der Waals surface area contributed by atoms with E-state index >= 15 is 0 Å². The number of hydrogen-bond acceptors (Lipinski definition) is 2. The van der Waals surface area contributed by atoms with Crippen molar-refractivity contribution in [3.05, 3.63) is 253 Å². The molecule has 3 heterocycles. The number of pyridine rings is 1. The monoisotopic (exact) mass is 1200 g/mol. The minimum Gasteiger partial charge on any atom is -0.359 e. The normalized spacial score (nSPS) is 13.9. The van der Waals surface area contributed by atoms with Gasteiger partial charge in [-0.25, -0.2) is 4.98 Å². The molecule has 12 rings (SSSR count). The molecule has 6 heteroatoms. The molecular weight excluding hydrogens is 1130 g/mol. The van der Waals surface area contributed by atoms with Gasteiger partial charge in [0.15, 0.2) is 0 Å². The molecule has 0 radical (unpaired) electrons. The van der Waals surface area contributed by atoms with E-state index in [2.05, 4.69) is 151 Å². The molecular formula is C72H63N5Pt-2. The molecule has 0 saturated carbocycles. The molecule has 0 bridgehead atoms. The second kappa shape index (κ2) is 20.4. The van der Waals surface area contributed by atoms with Crippen molar-refractivity contribution in [3.8, 4) is 50.6 Å². The van der Waals surface area contributed by atoms with E-state index in [-0.39, 0.29) is 65.3 Å². The van der Waals surface area contributed by atoms with Gasteiger partial charge in [0.25, 0.3) is 6.33 Å². The summed E-state index contributed by atoms with van der Waals surface area (Å²) in [6.07, 6.45) is 5.41. The zero-order valence-corrected chi connectivity index (χ0v) is 47.3. The van der Waals surface area contributed by atoms with E-state index < -0.39 is 60.4 Å². The van der Waals surface area contributed by atoms with Crippen LogP contribution < -0.4 is 9.47 Å². The maximum atomic E-state index is 9.17. The predicted molar refractivity (Wildman–Crippen MR) is 321 cm³/mol. The van der Waals surface area contributed by atoms with Crippen LogP contribution in [0.3, 0.4) is 0 Å². The standard InChI is InChI=1S/C72H63N5.Pt/c1-70(2,3)53-39-40-73-68(45-53)77-66-43-51(52-41-54(71(4,5)6)44-55(42-52)72(7,8)9)35-37-62(66)63-38-36-59(47-67(63)77)76(56-27-17-12-18-28-56)58-30-21-29-57(46-58)74-48-75(65-34-20-19-33-64(65)74)69-60(49-23-13-10-14-24-49)31-22-32-61(69)50-25-15-11-16-26-50;/h10-45H,1-9H3;/q-2;/i10D,11D,13D,14D,15D,16D,23D,24D,25D,26D;. The van der Waals surface area contributed by atoms with Crippen molar-refractivity contribution < 1.29 is 39.3 Å². The Kier molecular flexibility index (Phi) is 10.7. The van der Waals surface area contributed by atoms with Crippen molar-refractivity contribution in [2.45, 2.75) is 78.6 Å². The van der Waals surface area contributed by atoms with Gasteiger partial charge in [0.1, 0.15) is 5.82 Å². The fraction of sp³-hybridized carbons (Fsp3) is 0.167. The van der Waals surface area contributed by atoms with Gasteiger partial charge in [0.05, 0.1) is 30.4 Å². The molecule has 5 nitrogen and oxygen atoms in total. The van der Waals surface area contributed by atoms with Crippen LogP contribution >= 0.6 is 0 Å². The summed E-state index contributed by atoms with van der Waals surface area (Å²) in [4.78, 5) is 7.19. The third kappa shape index (κ3) is 9.71. The quantitative estimate of drug-likeness (QED) is 0.106. The van der Waals surface area contributed by atoms with E-state index in [1.165, 1.54) is 11.1 Å². The molecule has 3 aromatic heterocycles. The minimum absolute atomic E-state index is 0. The molecule has 9 aromatic carbocycles. The predicted octanol–water partition coefficient (Wildman–Crippen LogP) is 18.2. The molecule has 388 valence electrons. The van der Waals surface area contributed by atoms with Gasteiger partial charge in [-0.3, -0.25) is 4.57 Å². The Bertz CT molecular complexity index is 4600. The molecule has 0 N–H and O–H groups in total. The zero-order chi connectivity index (χ0) is 61.9. The molecule has 0 aliphatic carbocycles. The van der Waals surface area contributed by atoms with Gasteiger partial charge in [0.2, 0.25) is 0 Å². The topological polar surface area (TPSA) is 29.9 Å². The van der Waals surface area contributed by atoms with E-state index in [0.717, 1.165) is 55.7 Å². The largest absolute Gasteiger partial charge is 0.359 e. The number of rotatable bonds is 9. The molecule has 12 aromatic rings. The fourth-order valence-corrected chi connectivity index (χ4v) is 10.2. The molecule has 0 aliphatic rings. The molecule has 0 amide bonds. The molecule has 0 aliphatic heterocycles. The minimum atomic E-state index is -0.572. The van der Waals surface area contributed by atoms with Gasteiger partial charge >= 0.3 is 0 Å². The summed E-state index contributed by atoms with van der Waals surface area (Å²) in [7, 11) is 0. The summed E-state index contributed by atoms with van der Waals surface area (Å²) in [6.45, 7) is 20.2. The van der Waals surface area contributed by atoms with E-state index in [0.29, 0.717) is 22.4 Å². The van der Waals surface area contributed by atoms with Gasteiger partial charge in [-0.15, -0.1) is 23.6 Å². The number of para-hydroxylation sites is 4. The van der Waals surface area contributed by atoms with Crippen molar-refractivity contribution in [1.29, 1.82) is 0 Å². The van der Waals surface area contributed by atoms with Crippen LogP contribution in [0.1, 0.15) is 92.7 Å². The Morgan fingerprint density at radius 2 is 1.10 bits per heavy atom. The van der Waals surface area contributed by atoms with Crippen LogP contribution in [-0.2, 0) is 37.3 Å². The molecule has 78 heavy (non-hydrogen) atoms. The number of benzene rings is 9. The Balaban J connectivity index is 0.00000800. The Morgan fingerprint density at radius 3 is 1.76 bits per heavy atom. The molecule has 0 unspecified atom stereocenters. The van der Waals surface area contributed by atoms with Crippen molar-refractivity contribution in [2.24, 2.45) is 0 Å². The average molecular weight is 1200 g/mol. The maximum Gasteiger partial charge on any atom is 0.268 e. The molecule has 0 fully saturated rings. The van der Waals surface area contributed by atoms with Crippen LogP contribution in [0.4, 0.5) is 17.1 Å². The van der Waals surface area contributed by atoms with Crippen LogP contribution in [0, 0.1) is 18.5 Å². The average Bonchev–Trinajstić information content (AvgIpc) is 1.75. The van der Waals surface area contributed by atoms with E-state index in [1.807, 2.05) is 83.6 Å². The van der Waals surface area contributed by atoms with Gasteiger partial charge in [-0.1, -0.05) is 231 Å². The third-order valence-corrected chi connectivity index (χ3v) is 14.4. The van der Waals surface area contributed by atoms with Gasteiger partial charge < -0.3 is 14.0 Å². The second-order valence-corrected chi connectivity index (χ2v) is 22.7. The number of imidazole rings is 1. The Morgan fingerprint density at radius 1 is 0.500 bits per heavy atom.